The van der Waals surface area contributed by atoms with Gasteiger partial charge in [0.2, 0.25) is 0 Å². The average molecular weight is 403 g/mol. The second-order valence-corrected chi connectivity index (χ2v) is 4.59. The molecule has 0 radical (unpaired) electrons. The van der Waals surface area contributed by atoms with Gasteiger partial charge in [0.15, 0.2) is 5.96 Å². The van der Waals surface area contributed by atoms with Gasteiger partial charge in [0, 0.05) is 25.2 Å². The molecule has 1 rings (SSSR count). The summed E-state index contributed by atoms with van der Waals surface area (Å²) >= 11 is 0. The summed E-state index contributed by atoms with van der Waals surface area (Å²) < 4.78 is 5.64. The summed E-state index contributed by atoms with van der Waals surface area (Å²) in [6, 6.07) is 8.37. The number of para-hydroxylation sites is 1. The topological polar surface area (TPSA) is 45.6 Å². The Morgan fingerprint density at radius 1 is 1.43 bits per heavy atom. The number of nitrogens with zero attached hydrogens (tertiary/aromatic N) is 1. The lowest BCUT2D eigenvalue weighted by atomic mass is 10.2. The molecule has 0 aliphatic carbocycles. The molecule has 1 unspecified atom stereocenters. The predicted molar refractivity (Wildman–Crippen MR) is 101 cm³/mol. The van der Waals surface area contributed by atoms with Gasteiger partial charge in [-0.15, -0.1) is 24.0 Å². The first-order chi connectivity index (χ1) is 9.71. The number of benzene rings is 1. The number of hydrogen-bond acceptors (Lipinski definition) is 2. The highest BCUT2D eigenvalue weighted by Gasteiger charge is 2.05. The molecule has 1 aromatic rings. The Hall–Kier alpha value is -1.24. The van der Waals surface area contributed by atoms with Crippen LogP contribution in [0.1, 0.15) is 25.8 Å². The van der Waals surface area contributed by atoms with Crippen molar-refractivity contribution in [3.05, 3.63) is 42.5 Å². The minimum Gasteiger partial charge on any atom is -0.489 e. The number of hydrogen-bond donors (Lipinski definition) is 2. The van der Waals surface area contributed by atoms with E-state index in [2.05, 4.69) is 36.1 Å². The molecule has 0 aliphatic rings. The molecule has 0 spiro atoms. The van der Waals surface area contributed by atoms with Gasteiger partial charge in [0.05, 0.1) is 0 Å². The zero-order chi connectivity index (χ0) is 14.8. The van der Waals surface area contributed by atoms with Gasteiger partial charge in [-0.25, -0.2) is 0 Å². The molecule has 1 aromatic carbocycles. The average Bonchev–Trinajstić information content (AvgIpc) is 2.49. The molecule has 0 saturated heterocycles. The van der Waals surface area contributed by atoms with E-state index in [0.29, 0.717) is 19.2 Å². The molecule has 0 aromatic heterocycles. The third-order valence-electron chi connectivity index (χ3n) is 2.99. The van der Waals surface area contributed by atoms with Crippen LogP contribution in [0.3, 0.4) is 0 Å². The minimum absolute atomic E-state index is 0. The molecule has 0 bridgehead atoms. The Balaban J connectivity index is 0.00000400. The Morgan fingerprint density at radius 3 is 2.76 bits per heavy atom. The summed E-state index contributed by atoms with van der Waals surface area (Å²) in [4.78, 5) is 4.22. The van der Waals surface area contributed by atoms with Crippen LogP contribution in [0.4, 0.5) is 0 Å². The number of aliphatic imine (C=N–C) groups is 1. The molecule has 4 nitrogen and oxygen atoms in total. The highest BCUT2D eigenvalue weighted by atomic mass is 127. The van der Waals surface area contributed by atoms with Crippen molar-refractivity contribution in [1.29, 1.82) is 0 Å². The zero-order valence-corrected chi connectivity index (χ0v) is 15.4. The maximum absolute atomic E-state index is 5.64. The van der Waals surface area contributed by atoms with Crippen molar-refractivity contribution in [2.45, 2.75) is 32.9 Å². The van der Waals surface area contributed by atoms with E-state index in [9.17, 15) is 0 Å². The number of rotatable bonds is 7. The fourth-order valence-corrected chi connectivity index (χ4v) is 1.65. The summed E-state index contributed by atoms with van der Waals surface area (Å²) in [5.41, 5.74) is 1.10. The molecule has 0 fully saturated rings. The largest absolute Gasteiger partial charge is 0.489 e. The van der Waals surface area contributed by atoms with Gasteiger partial charge in [-0.3, -0.25) is 4.99 Å². The SMILES string of the molecule is C=CCOc1ccccc1CNC(=NC)NC(C)CC.I. The highest BCUT2D eigenvalue weighted by molar-refractivity contribution is 14.0. The summed E-state index contributed by atoms with van der Waals surface area (Å²) in [5, 5.41) is 6.63. The smallest absolute Gasteiger partial charge is 0.191 e. The van der Waals surface area contributed by atoms with E-state index in [4.69, 9.17) is 4.74 Å². The van der Waals surface area contributed by atoms with Crippen LogP contribution in [0.5, 0.6) is 5.75 Å². The monoisotopic (exact) mass is 403 g/mol. The van der Waals surface area contributed by atoms with Crippen molar-refractivity contribution < 1.29 is 4.74 Å². The summed E-state index contributed by atoms with van der Waals surface area (Å²) in [7, 11) is 1.78. The van der Waals surface area contributed by atoms with Crippen molar-refractivity contribution in [2.24, 2.45) is 4.99 Å². The summed E-state index contributed by atoms with van der Waals surface area (Å²) in [5.74, 6) is 1.68. The maximum atomic E-state index is 5.64. The zero-order valence-electron chi connectivity index (χ0n) is 13.1. The van der Waals surface area contributed by atoms with Gasteiger partial charge < -0.3 is 15.4 Å². The van der Waals surface area contributed by atoms with E-state index >= 15 is 0 Å². The quantitative estimate of drug-likeness (QED) is 0.318. The van der Waals surface area contributed by atoms with Crippen LogP contribution in [0.15, 0.2) is 41.9 Å². The van der Waals surface area contributed by atoms with E-state index in [1.165, 1.54) is 0 Å². The third kappa shape index (κ3) is 7.36. The summed E-state index contributed by atoms with van der Waals surface area (Å²) in [6.07, 6.45) is 2.80. The number of guanidine groups is 1. The van der Waals surface area contributed by atoms with Crippen molar-refractivity contribution in [2.75, 3.05) is 13.7 Å². The van der Waals surface area contributed by atoms with Gasteiger partial charge in [-0.2, -0.15) is 0 Å². The molecule has 5 heteroatoms. The lowest BCUT2D eigenvalue weighted by Gasteiger charge is -2.17. The van der Waals surface area contributed by atoms with Crippen LogP contribution in [0.2, 0.25) is 0 Å². The van der Waals surface area contributed by atoms with Gasteiger partial charge in [-0.05, 0) is 19.4 Å². The Bertz CT molecular complexity index is 449. The second kappa shape index (κ2) is 11.4. The lowest BCUT2D eigenvalue weighted by molar-refractivity contribution is 0.358. The molecular weight excluding hydrogens is 377 g/mol. The van der Waals surface area contributed by atoms with Gasteiger partial charge in [0.1, 0.15) is 12.4 Å². The first-order valence-electron chi connectivity index (χ1n) is 7.00. The van der Waals surface area contributed by atoms with E-state index in [-0.39, 0.29) is 24.0 Å². The molecular formula is C16H26IN3O. The Morgan fingerprint density at radius 2 is 2.14 bits per heavy atom. The van der Waals surface area contributed by atoms with E-state index in [1.54, 1.807) is 13.1 Å². The molecule has 0 amide bonds. The number of ether oxygens (including phenoxy) is 1. The van der Waals surface area contributed by atoms with E-state index < -0.39 is 0 Å². The van der Waals surface area contributed by atoms with Crippen LogP contribution >= 0.6 is 24.0 Å². The standard InChI is InChI=1S/C16H25N3O.HI/c1-5-11-20-15-10-8-7-9-14(15)12-18-16(17-4)19-13(3)6-2;/h5,7-10,13H,1,6,11-12H2,2-4H3,(H2,17,18,19);1H. The number of nitrogens with one attached hydrogen (secondary N) is 2. The van der Waals surface area contributed by atoms with Crippen LogP contribution < -0.4 is 15.4 Å². The molecule has 0 aliphatic heterocycles. The van der Waals surface area contributed by atoms with E-state index in [1.807, 2.05) is 24.3 Å². The molecule has 1 atom stereocenters. The van der Waals surface area contributed by atoms with Crippen molar-refractivity contribution in [1.82, 2.24) is 10.6 Å². The normalized spacial score (nSPS) is 12.0. The first-order valence-corrected chi connectivity index (χ1v) is 7.00. The van der Waals surface area contributed by atoms with Crippen LogP contribution in [0, 0.1) is 0 Å². The van der Waals surface area contributed by atoms with Gasteiger partial charge in [0.25, 0.3) is 0 Å². The Kier molecular flexibility index (Phi) is 10.7. The summed E-state index contributed by atoms with van der Waals surface area (Å²) in [6.45, 7) is 9.12. The van der Waals surface area contributed by atoms with Crippen molar-refractivity contribution >= 4 is 29.9 Å². The van der Waals surface area contributed by atoms with Crippen molar-refractivity contribution in [3.8, 4) is 5.75 Å². The van der Waals surface area contributed by atoms with Gasteiger partial charge in [-0.1, -0.05) is 37.8 Å². The minimum atomic E-state index is 0. The molecule has 2 N–H and O–H groups in total. The molecule has 0 heterocycles. The predicted octanol–water partition coefficient (Wildman–Crippen LogP) is 3.33. The third-order valence-corrected chi connectivity index (χ3v) is 2.99. The first kappa shape index (κ1) is 19.8. The van der Waals surface area contributed by atoms with Crippen molar-refractivity contribution in [3.63, 3.8) is 0 Å². The lowest BCUT2D eigenvalue weighted by Crippen LogP contribution is -2.41. The van der Waals surface area contributed by atoms with Crippen LogP contribution in [-0.4, -0.2) is 25.7 Å². The molecule has 21 heavy (non-hydrogen) atoms. The fraction of sp³-hybridized carbons (Fsp3) is 0.438. The highest BCUT2D eigenvalue weighted by Crippen LogP contribution is 2.17. The van der Waals surface area contributed by atoms with E-state index in [0.717, 1.165) is 23.7 Å². The van der Waals surface area contributed by atoms with Gasteiger partial charge >= 0.3 is 0 Å². The maximum Gasteiger partial charge on any atom is 0.191 e. The molecule has 0 saturated carbocycles. The number of halogens is 1. The molecule has 118 valence electrons. The van der Waals surface area contributed by atoms with Crippen LogP contribution in [-0.2, 0) is 6.54 Å². The second-order valence-electron chi connectivity index (χ2n) is 4.59. The fourth-order valence-electron chi connectivity index (χ4n) is 1.65. The van der Waals surface area contributed by atoms with Crippen LogP contribution in [0.25, 0.3) is 0 Å². The Labute approximate surface area is 145 Å².